The molecule has 1 amide bonds. The van der Waals surface area contributed by atoms with Crippen LogP contribution in [0, 0.1) is 5.92 Å². The third-order valence-electron chi connectivity index (χ3n) is 2.12. The van der Waals surface area contributed by atoms with Crippen molar-refractivity contribution in [2.75, 3.05) is 5.32 Å². The highest BCUT2D eigenvalue weighted by Gasteiger charge is 2.11. The first-order valence-electron chi connectivity index (χ1n) is 4.95. The van der Waals surface area contributed by atoms with Gasteiger partial charge in [-0.05, 0) is 18.6 Å². The molecule has 0 aliphatic rings. The Labute approximate surface area is 84.6 Å². The molecule has 0 saturated heterocycles. The van der Waals surface area contributed by atoms with Crippen LogP contribution >= 0.6 is 0 Å². The number of rotatable bonds is 4. The van der Waals surface area contributed by atoms with E-state index in [9.17, 15) is 4.79 Å². The van der Waals surface area contributed by atoms with Crippen LogP contribution in [0.3, 0.4) is 0 Å². The largest absolute Gasteiger partial charge is 0.326 e. The molecule has 0 radical (unpaired) electrons. The van der Waals surface area contributed by atoms with Gasteiger partial charge >= 0.3 is 0 Å². The lowest BCUT2D eigenvalue weighted by atomic mass is 10.1. The van der Waals surface area contributed by atoms with Crippen LogP contribution in [0.15, 0.2) is 24.5 Å². The Morgan fingerprint density at radius 3 is 2.71 bits per heavy atom. The molecule has 76 valence electrons. The number of nitrogens with zero attached hydrogens (tertiary/aromatic N) is 1. The molecular weight excluding hydrogens is 176 g/mol. The quantitative estimate of drug-likeness (QED) is 0.796. The van der Waals surface area contributed by atoms with E-state index in [4.69, 9.17) is 0 Å². The van der Waals surface area contributed by atoms with Gasteiger partial charge in [-0.3, -0.25) is 9.78 Å². The van der Waals surface area contributed by atoms with Crippen LogP contribution in [0.1, 0.15) is 26.7 Å². The summed E-state index contributed by atoms with van der Waals surface area (Å²) in [6.07, 6.45) is 5.29. The van der Waals surface area contributed by atoms with Crippen molar-refractivity contribution in [1.82, 2.24) is 4.98 Å². The van der Waals surface area contributed by atoms with E-state index in [-0.39, 0.29) is 11.8 Å². The number of pyridine rings is 1. The summed E-state index contributed by atoms with van der Waals surface area (Å²) >= 11 is 0. The first-order chi connectivity index (χ1) is 6.74. The maximum atomic E-state index is 11.6. The highest BCUT2D eigenvalue weighted by Crippen LogP contribution is 2.10. The monoisotopic (exact) mass is 192 g/mol. The van der Waals surface area contributed by atoms with Crippen molar-refractivity contribution in [2.45, 2.75) is 26.7 Å². The van der Waals surface area contributed by atoms with Gasteiger partial charge in [0.1, 0.15) is 0 Å². The van der Waals surface area contributed by atoms with E-state index in [2.05, 4.69) is 17.2 Å². The molecule has 1 atom stereocenters. The molecule has 1 aromatic rings. The van der Waals surface area contributed by atoms with E-state index in [1.807, 2.05) is 6.92 Å². The smallest absolute Gasteiger partial charge is 0.227 e. The van der Waals surface area contributed by atoms with E-state index in [1.54, 1.807) is 24.5 Å². The first kappa shape index (κ1) is 10.7. The highest BCUT2D eigenvalue weighted by molar-refractivity contribution is 5.92. The molecule has 1 rings (SSSR count). The predicted molar refractivity (Wildman–Crippen MR) is 56.9 cm³/mol. The molecule has 0 aliphatic heterocycles. The van der Waals surface area contributed by atoms with Gasteiger partial charge < -0.3 is 5.32 Å². The minimum absolute atomic E-state index is 0.0770. The average molecular weight is 192 g/mol. The molecule has 3 heteroatoms. The van der Waals surface area contributed by atoms with Crippen molar-refractivity contribution < 1.29 is 4.79 Å². The SMILES string of the molecule is CCC[C@@H](C)C(=O)Nc1ccncc1. The summed E-state index contributed by atoms with van der Waals surface area (Å²) < 4.78 is 0. The van der Waals surface area contributed by atoms with Gasteiger partial charge in [-0.2, -0.15) is 0 Å². The Bertz CT molecular complexity index is 285. The van der Waals surface area contributed by atoms with Gasteiger partial charge in [-0.1, -0.05) is 20.3 Å². The summed E-state index contributed by atoms with van der Waals surface area (Å²) in [4.78, 5) is 15.5. The second kappa shape index (κ2) is 5.37. The van der Waals surface area contributed by atoms with Gasteiger partial charge in [0.05, 0.1) is 0 Å². The van der Waals surface area contributed by atoms with Crippen molar-refractivity contribution in [3.63, 3.8) is 0 Å². The van der Waals surface area contributed by atoms with Crippen LogP contribution in [-0.2, 0) is 4.79 Å². The zero-order valence-corrected chi connectivity index (χ0v) is 8.66. The number of hydrogen-bond acceptors (Lipinski definition) is 2. The number of amides is 1. The fourth-order valence-electron chi connectivity index (χ4n) is 1.26. The lowest BCUT2D eigenvalue weighted by molar-refractivity contribution is -0.119. The molecule has 1 N–H and O–H groups in total. The minimum atomic E-state index is 0.0770. The summed E-state index contributed by atoms with van der Waals surface area (Å²) in [6, 6.07) is 3.58. The van der Waals surface area contributed by atoms with Crippen molar-refractivity contribution in [3.8, 4) is 0 Å². The van der Waals surface area contributed by atoms with Crippen molar-refractivity contribution in [3.05, 3.63) is 24.5 Å². The average Bonchev–Trinajstić information content (AvgIpc) is 2.19. The molecule has 0 bridgehead atoms. The number of nitrogens with one attached hydrogen (secondary N) is 1. The second-order valence-electron chi connectivity index (χ2n) is 3.41. The van der Waals surface area contributed by atoms with Gasteiger partial charge in [-0.25, -0.2) is 0 Å². The van der Waals surface area contributed by atoms with E-state index >= 15 is 0 Å². The van der Waals surface area contributed by atoms with E-state index in [1.165, 1.54) is 0 Å². The molecule has 0 aromatic carbocycles. The van der Waals surface area contributed by atoms with Gasteiger partial charge in [0.15, 0.2) is 0 Å². The Morgan fingerprint density at radius 2 is 2.14 bits per heavy atom. The standard InChI is InChI=1S/C11H16N2O/c1-3-4-9(2)11(14)13-10-5-7-12-8-6-10/h5-9H,3-4H2,1-2H3,(H,12,13,14)/t9-/m1/s1. The lowest BCUT2D eigenvalue weighted by Crippen LogP contribution is -2.20. The Morgan fingerprint density at radius 1 is 1.50 bits per heavy atom. The summed E-state index contributed by atoms with van der Waals surface area (Å²) in [6.45, 7) is 4.02. The van der Waals surface area contributed by atoms with Crippen LogP contribution in [0.25, 0.3) is 0 Å². The molecule has 1 heterocycles. The Balaban J connectivity index is 2.49. The minimum Gasteiger partial charge on any atom is -0.326 e. The maximum absolute atomic E-state index is 11.6. The number of carbonyl (C=O) groups is 1. The van der Waals surface area contributed by atoms with E-state index < -0.39 is 0 Å². The second-order valence-corrected chi connectivity index (χ2v) is 3.41. The van der Waals surface area contributed by atoms with Crippen LogP contribution in [-0.4, -0.2) is 10.9 Å². The summed E-state index contributed by atoms with van der Waals surface area (Å²) in [5.74, 6) is 0.159. The molecule has 0 aliphatic carbocycles. The normalized spacial score (nSPS) is 12.1. The Kier molecular flexibility index (Phi) is 4.11. The molecule has 0 spiro atoms. The van der Waals surface area contributed by atoms with Gasteiger partial charge in [0, 0.05) is 24.0 Å². The van der Waals surface area contributed by atoms with Crippen molar-refractivity contribution >= 4 is 11.6 Å². The summed E-state index contributed by atoms with van der Waals surface area (Å²) in [5.41, 5.74) is 0.813. The van der Waals surface area contributed by atoms with Crippen LogP contribution in [0.4, 0.5) is 5.69 Å². The fourth-order valence-corrected chi connectivity index (χ4v) is 1.26. The predicted octanol–water partition coefficient (Wildman–Crippen LogP) is 2.46. The Hall–Kier alpha value is -1.38. The fraction of sp³-hybridized carbons (Fsp3) is 0.455. The molecule has 3 nitrogen and oxygen atoms in total. The molecule has 0 fully saturated rings. The number of carbonyl (C=O) groups excluding carboxylic acids is 1. The number of hydrogen-bond donors (Lipinski definition) is 1. The van der Waals surface area contributed by atoms with Crippen LogP contribution < -0.4 is 5.32 Å². The summed E-state index contributed by atoms with van der Waals surface area (Å²) in [7, 11) is 0. The third kappa shape index (κ3) is 3.17. The third-order valence-corrected chi connectivity index (χ3v) is 2.12. The van der Waals surface area contributed by atoms with Gasteiger partial charge in [-0.15, -0.1) is 0 Å². The molecular formula is C11H16N2O. The molecule has 14 heavy (non-hydrogen) atoms. The molecule has 1 aromatic heterocycles. The van der Waals surface area contributed by atoms with Gasteiger partial charge in [0.25, 0.3) is 0 Å². The van der Waals surface area contributed by atoms with E-state index in [0.717, 1.165) is 18.5 Å². The zero-order chi connectivity index (χ0) is 10.4. The van der Waals surface area contributed by atoms with Crippen molar-refractivity contribution in [2.24, 2.45) is 5.92 Å². The van der Waals surface area contributed by atoms with E-state index in [0.29, 0.717) is 0 Å². The van der Waals surface area contributed by atoms with Gasteiger partial charge in [0.2, 0.25) is 5.91 Å². The van der Waals surface area contributed by atoms with Crippen LogP contribution in [0.2, 0.25) is 0 Å². The van der Waals surface area contributed by atoms with Crippen LogP contribution in [0.5, 0.6) is 0 Å². The molecule has 0 saturated carbocycles. The number of anilines is 1. The lowest BCUT2D eigenvalue weighted by Gasteiger charge is -2.10. The number of aromatic nitrogens is 1. The summed E-state index contributed by atoms with van der Waals surface area (Å²) in [5, 5.41) is 2.85. The highest BCUT2D eigenvalue weighted by atomic mass is 16.1. The zero-order valence-electron chi connectivity index (χ0n) is 8.66. The van der Waals surface area contributed by atoms with Crippen molar-refractivity contribution in [1.29, 1.82) is 0 Å². The topological polar surface area (TPSA) is 42.0 Å². The molecule has 0 unspecified atom stereocenters. The first-order valence-corrected chi connectivity index (χ1v) is 4.95. The maximum Gasteiger partial charge on any atom is 0.227 e.